The lowest BCUT2D eigenvalue weighted by Crippen LogP contribution is -2.25. The summed E-state index contributed by atoms with van der Waals surface area (Å²) in [5, 5.41) is 3.20. The predicted octanol–water partition coefficient (Wildman–Crippen LogP) is 3.07. The maximum atomic E-state index is 13.5. The Labute approximate surface area is 155 Å². The first-order valence-electron chi connectivity index (χ1n) is 8.40. The van der Waals surface area contributed by atoms with Gasteiger partial charge in [-0.3, -0.25) is 9.78 Å². The highest BCUT2D eigenvalue weighted by atomic mass is 32.2. The fraction of sp³-hybridized carbons (Fsp3) is 0.158. The zero-order valence-electron chi connectivity index (χ0n) is 14.1. The van der Waals surface area contributed by atoms with E-state index in [4.69, 9.17) is 0 Å². The van der Waals surface area contributed by atoms with Gasteiger partial charge in [0.2, 0.25) is 10.0 Å². The molecule has 1 aliphatic carbocycles. The second-order valence-corrected chi connectivity index (χ2v) is 8.11. The van der Waals surface area contributed by atoms with Crippen LogP contribution < -0.4 is 10.0 Å². The number of anilines is 1. The second kappa shape index (κ2) is 6.71. The third-order valence-electron chi connectivity index (χ3n) is 4.28. The lowest BCUT2D eigenvalue weighted by molar-refractivity contribution is 0.102. The number of fused-ring (bicyclic) bond motifs is 1. The highest BCUT2D eigenvalue weighted by molar-refractivity contribution is 7.89. The molecule has 138 valence electrons. The molecule has 0 bridgehead atoms. The fourth-order valence-electron chi connectivity index (χ4n) is 2.70. The Morgan fingerprint density at radius 1 is 1.07 bits per heavy atom. The number of pyridine rings is 1. The fourth-order valence-corrected chi connectivity index (χ4v) is 4.00. The van der Waals surface area contributed by atoms with Crippen molar-refractivity contribution in [3.63, 3.8) is 0 Å². The number of hydrogen-bond acceptors (Lipinski definition) is 4. The number of sulfonamides is 1. The molecule has 0 atom stereocenters. The minimum atomic E-state index is -3.56. The summed E-state index contributed by atoms with van der Waals surface area (Å²) in [4.78, 5) is 16.8. The molecule has 2 N–H and O–H groups in total. The van der Waals surface area contributed by atoms with E-state index in [0.29, 0.717) is 22.2 Å². The molecule has 0 saturated heterocycles. The van der Waals surface area contributed by atoms with E-state index < -0.39 is 21.7 Å². The molecule has 0 unspecified atom stereocenters. The highest BCUT2D eigenvalue weighted by Gasteiger charge is 2.28. The lowest BCUT2D eigenvalue weighted by Gasteiger charge is -2.09. The molecule has 1 saturated carbocycles. The molecule has 0 aliphatic heterocycles. The van der Waals surface area contributed by atoms with Crippen LogP contribution >= 0.6 is 0 Å². The van der Waals surface area contributed by atoms with Crippen LogP contribution in [0.5, 0.6) is 0 Å². The summed E-state index contributed by atoms with van der Waals surface area (Å²) in [5.74, 6) is -0.852. The van der Waals surface area contributed by atoms with Crippen molar-refractivity contribution in [2.24, 2.45) is 0 Å². The van der Waals surface area contributed by atoms with Crippen molar-refractivity contribution in [3.05, 3.63) is 66.1 Å². The molecule has 0 spiro atoms. The molecular formula is C19H16FN3O3S. The minimum absolute atomic E-state index is 0.0124. The summed E-state index contributed by atoms with van der Waals surface area (Å²) < 4.78 is 40.5. The molecule has 8 heteroatoms. The summed E-state index contributed by atoms with van der Waals surface area (Å²) in [7, 11) is -3.56. The Morgan fingerprint density at radius 2 is 1.81 bits per heavy atom. The van der Waals surface area contributed by atoms with E-state index in [2.05, 4.69) is 15.0 Å². The van der Waals surface area contributed by atoms with Gasteiger partial charge in [0.25, 0.3) is 5.91 Å². The first-order chi connectivity index (χ1) is 12.9. The maximum Gasteiger partial charge on any atom is 0.255 e. The Morgan fingerprint density at radius 3 is 2.52 bits per heavy atom. The second-order valence-electron chi connectivity index (χ2n) is 6.39. The summed E-state index contributed by atoms with van der Waals surface area (Å²) >= 11 is 0. The number of benzene rings is 2. The summed E-state index contributed by atoms with van der Waals surface area (Å²) in [6.45, 7) is 0. The van der Waals surface area contributed by atoms with Crippen LogP contribution in [-0.4, -0.2) is 25.4 Å². The Balaban J connectivity index is 1.56. The third kappa shape index (κ3) is 3.81. The SMILES string of the molecule is O=C(Nc1ccnc2ccc(F)cc12)c1ccc(S(=O)(=O)NC2CC2)cc1. The lowest BCUT2D eigenvalue weighted by atomic mass is 10.1. The van der Waals surface area contributed by atoms with E-state index in [1.165, 1.54) is 48.7 Å². The maximum absolute atomic E-state index is 13.5. The smallest absolute Gasteiger partial charge is 0.255 e. The number of rotatable bonds is 5. The van der Waals surface area contributed by atoms with E-state index >= 15 is 0 Å². The summed E-state index contributed by atoms with van der Waals surface area (Å²) in [6, 6.07) is 11.4. The van der Waals surface area contributed by atoms with E-state index in [9.17, 15) is 17.6 Å². The van der Waals surface area contributed by atoms with Crippen LogP contribution in [0, 0.1) is 5.82 Å². The Kier molecular flexibility index (Phi) is 4.37. The van der Waals surface area contributed by atoms with E-state index in [1.54, 1.807) is 6.07 Å². The summed E-state index contributed by atoms with van der Waals surface area (Å²) in [5.41, 5.74) is 1.28. The number of carbonyl (C=O) groups is 1. The summed E-state index contributed by atoms with van der Waals surface area (Å²) in [6.07, 6.45) is 3.22. The standard InChI is InChI=1S/C19H16FN3O3S/c20-13-3-8-17-16(11-13)18(9-10-21-17)22-19(24)12-1-6-15(7-2-12)27(25,26)23-14-4-5-14/h1-3,6-11,14,23H,4-5H2,(H,21,22,24). The van der Waals surface area contributed by atoms with Gasteiger partial charge in [-0.05, 0) is 61.4 Å². The van der Waals surface area contributed by atoms with Crippen LogP contribution in [-0.2, 0) is 10.0 Å². The average Bonchev–Trinajstić information content (AvgIpc) is 3.45. The van der Waals surface area contributed by atoms with Crippen LogP contribution in [0.3, 0.4) is 0 Å². The van der Waals surface area contributed by atoms with Gasteiger partial charge in [-0.25, -0.2) is 17.5 Å². The molecule has 0 radical (unpaired) electrons. The van der Waals surface area contributed by atoms with Gasteiger partial charge in [0.1, 0.15) is 5.82 Å². The number of carbonyl (C=O) groups excluding carboxylic acids is 1. The zero-order valence-corrected chi connectivity index (χ0v) is 15.0. The van der Waals surface area contributed by atoms with Crippen LogP contribution in [0.2, 0.25) is 0 Å². The quantitative estimate of drug-likeness (QED) is 0.707. The van der Waals surface area contributed by atoms with Crippen LogP contribution in [0.15, 0.2) is 59.6 Å². The number of hydrogen-bond donors (Lipinski definition) is 2. The van der Waals surface area contributed by atoms with E-state index in [-0.39, 0.29) is 10.9 Å². The van der Waals surface area contributed by atoms with Crippen molar-refractivity contribution in [1.29, 1.82) is 0 Å². The minimum Gasteiger partial charge on any atom is -0.321 e. The van der Waals surface area contributed by atoms with Crippen LogP contribution in [0.4, 0.5) is 10.1 Å². The third-order valence-corrected chi connectivity index (χ3v) is 5.81. The van der Waals surface area contributed by atoms with Gasteiger partial charge in [0.05, 0.1) is 16.1 Å². The first kappa shape index (κ1) is 17.6. The van der Waals surface area contributed by atoms with Gasteiger partial charge in [0, 0.05) is 23.2 Å². The molecule has 1 heterocycles. The molecule has 1 amide bonds. The van der Waals surface area contributed by atoms with Gasteiger partial charge in [-0.2, -0.15) is 0 Å². The zero-order chi connectivity index (χ0) is 19.0. The van der Waals surface area contributed by atoms with Crippen LogP contribution in [0.1, 0.15) is 23.2 Å². The van der Waals surface area contributed by atoms with Crippen molar-refractivity contribution in [2.45, 2.75) is 23.8 Å². The molecule has 4 rings (SSSR count). The Hall–Kier alpha value is -2.84. The van der Waals surface area contributed by atoms with Crippen molar-refractivity contribution < 1.29 is 17.6 Å². The average molecular weight is 385 g/mol. The Bertz CT molecular complexity index is 1130. The van der Waals surface area contributed by atoms with Gasteiger partial charge in [-0.1, -0.05) is 0 Å². The molecule has 2 aromatic carbocycles. The largest absolute Gasteiger partial charge is 0.321 e. The molecule has 3 aromatic rings. The molecule has 27 heavy (non-hydrogen) atoms. The highest BCUT2D eigenvalue weighted by Crippen LogP contribution is 2.24. The topological polar surface area (TPSA) is 88.2 Å². The molecule has 6 nitrogen and oxygen atoms in total. The van der Waals surface area contributed by atoms with Crippen molar-refractivity contribution >= 4 is 32.5 Å². The first-order valence-corrected chi connectivity index (χ1v) is 9.89. The van der Waals surface area contributed by atoms with Crippen LogP contribution in [0.25, 0.3) is 10.9 Å². The number of nitrogens with one attached hydrogen (secondary N) is 2. The normalized spacial score (nSPS) is 14.3. The predicted molar refractivity (Wildman–Crippen MR) is 99.4 cm³/mol. The van der Waals surface area contributed by atoms with E-state index in [0.717, 1.165) is 12.8 Å². The molecule has 1 aromatic heterocycles. The van der Waals surface area contributed by atoms with E-state index in [1.807, 2.05) is 0 Å². The number of nitrogens with zero attached hydrogens (tertiary/aromatic N) is 1. The van der Waals surface area contributed by atoms with Gasteiger partial charge in [0.15, 0.2) is 0 Å². The number of aromatic nitrogens is 1. The number of halogens is 1. The number of amides is 1. The van der Waals surface area contributed by atoms with Crippen molar-refractivity contribution in [3.8, 4) is 0 Å². The van der Waals surface area contributed by atoms with Gasteiger partial charge < -0.3 is 5.32 Å². The molecular weight excluding hydrogens is 369 g/mol. The van der Waals surface area contributed by atoms with Gasteiger partial charge >= 0.3 is 0 Å². The van der Waals surface area contributed by atoms with Gasteiger partial charge in [-0.15, -0.1) is 0 Å². The molecule has 1 fully saturated rings. The molecule has 1 aliphatic rings. The van der Waals surface area contributed by atoms with Crippen molar-refractivity contribution in [1.82, 2.24) is 9.71 Å². The van der Waals surface area contributed by atoms with Crippen molar-refractivity contribution in [2.75, 3.05) is 5.32 Å². The monoisotopic (exact) mass is 385 g/mol.